The highest BCUT2D eigenvalue weighted by atomic mass is 16.4. The van der Waals surface area contributed by atoms with Crippen LogP contribution in [0.15, 0.2) is 0 Å². The van der Waals surface area contributed by atoms with E-state index in [1.54, 1.807) is 0 Å². The van der Waals surface area contributed by atoms with Crippen LogP contribution in [0.5, 0.6) is 0 Å². The van der Waals surface area contributed by atoms with Gasteiger partial charge in [0.2, 0.25) is 0 Å². The summed E-state index contributed by atoms with van der Waals surface area (Å²) in [6, 6.07) is 0. The third-order valence-corrected chi connectivity index (χ3v) is 0.595. The number of carbonyl (C=O) groups is 1. The van der Waals surface area contributed by atoms with E-state index in [0.717, 1.165) is 0 Å². The second kappa shape index (κ2) is 31.9. The summed E-state index contributed by atoms with van der Waals surface area (Å²) in [5.41, 5.74) is 5.01. The molecule has 0 aliphatic rings. The monoisotopic (exact) mass is 193 g/mol. The Morgan fingerprint density at radius 3 is 1.50 bits per heavy atom. The molecule has 0 spiro atoms. The molecule has 0 unspecified atom stereocenters. The molecule has 0 saturated heterocycles. The molecular weight excluding hydrogens is 174 g/mol. The number of rotatable bonds is 3. The Morgan fingerprint density at radius 1 is 1.08 bits per heavy atom. The van der Waals surface area contributed by atoms with E-state index in [9.17, 15) is 4.79 Å². The third kappa shape index (κ3) is 59.9. The quantitative estimate of drug-likeness (QED) is 0.454. The predicted octanol–water partition coefficient (Wildman–Crippen LogP) is -4.31. The van der Waals surface area contributed by atoms with E-state index < -0.39 is 5.97 Å². The van der Waals surface area contributed by atoms with Gasteiger partial charge in [-0.3, -0.25) is 4.79 Å². The van der Waals surface area contributed by atoms with Gasteiger partial charge in [0.15, 0.2) is 0 Å². The van der Waals surface area contributed by atoms with E-state index in [0.29, 0.717) is 13.0 Å². The Balaban J connectivity index is -0.0000000180. The molecule has 0 aliphatic heterocycles. The van der Waals surface area contributed by atoms with Crippen molar-refractivity contribution in [3.05, 3.63) is 0 Å². The van der Waals surface area contributed by atoms with Crippen LogP contribution in [-0.4, -0.2) is 45.0 Å². The molecule has 0 aromatic heterocycles. The highest BCUT2D eigenvalue weighted by molar-refractivity contribution is 5.66. The molecular formula is C4H19NO7. The normalized spacial score (nSPS) is 5.08. The zero-order chi connectivity index (χ0) is 5.70. The third-order valence-electron chi connectivity index (χ3n) is 0.595. The average Bonchev–Trinajstić information content (AvgIpc) is 1.61. The summed E-state index contributed by atoms with van der Waals surface area (Å²) in [5, 5.41) is 7.99. The first-order valence-electron chi connectivity index (χ1n) is 2.19. The van der Waals surface area contributed by atoms with E-state index in [-0.39, 0.29) is 33.8 Å². The van der Waals surface area contributed by atoms with Gasteiger partial charge in [-0.25, -0.2) is 0 Å². The molecule has 0 heterocycles. The number of hydrogen-bond donors (Lipinski definition) is 2. The minimum Gasteiger partial charge on any atom is -0.481 e. The lowest BCUT2D eigenvalue weighted by Gasteiger charge is -1.86. The Bertz CT molecular complexity index is 68.4. The summed E-state index contributed by atoms with van der Waals surface area (Å²) in [4.78, 5) is 9.70. The number of nitrogens with two attached hydrogens (primary N) is 1. The van der Waals surface area contributed by atoms with E-state index in [2.05, 4.69) is 0 Å². The van der Waals surface area contributed by atoms with Crippen LogP contribution in [0, 0.1) is 0 Å². The number of hydrogen-bond acceptors (Lipinski definition) is 2. The van der Waals surface area contributed by atoms with E-state index in [1.807, 2.05) is 0 Å². The van der Waals surface area contributed by atoms with Crippen molar-refractivity contribution in [3.8, 4) is 0 Å². The van der Waals surface area contributed by atoms with Crippen molar-refractivity contribution in [2.24, 2.45) is 5.73 Å². The maximum atomic E-state index is 9.70. The van der Waals surface area contributed by atoms with Crippen LogP contribution in [-0.2, 0) is 4.79 Å². The smallest absolute Gasteiger partial charge is 0.303 e. The molecule has 8 heteroatoms. The fourth-order valence-corrected chi connectivity index (χ4v) is 0.253. The van der Waals surface area contributed by atoms with Crippen LogP contribution < -0.4 is 5.73 Å². The molecule has 0 aromatic carbocycles. The van der Waals surface area contributed by atoms with E-state index in [4.69, 9.17) is 10.8 Å². The zero-order valence-electron chi connectivity index (χ0n) is 6.55. The fraction of sp³-hybridized carbons (Fsp3) is 0.750. The van der Waals surface area contributed by atoms with Crippen LogP contribution in [0.25, 0.3) is 0 Å². The molecule has 0 bridgehead atoms. The summed E-state index contributed by atoms with van der Waals surface area (Å²) in [5.74, 6) is -0.773. The SMILES string of the molecule is NCCCC(=O)O.O.O.O.O.O. The van der Waals surface area contributed by atoms with Crippen molar-refractivity contribution in [2.45, 2.75) is 12.8 Å². The number of carboxylic acids is 1. The summed E-state index contributed by atoms with van der Waals surface area (Å²) >= 11 is 0. The minimum absolute atomic E-state index is 0. The summed E-state index contributed by atoms with van der Waals surface area (Å²) < 4.78 is 0. The van der Waals surface area contributed by atoms with E-state index in [1.165, 1.54) is 0 Å². The molecule has 0 aliphatic carbocycles. The van der Waals surface area contributed by atoms with Gasteiger partial charge >= 0.3 is 5.97 Å². The molecule has 0 aromatic rings. The highest BCUT2D eigenvalue weighted by Crippen LogP contribution is 1.82. The largest absolute Gasteiger partial charge is 0.481 e. The lowest BCUT2D eigenvalue weighted by molar-refractivity contribution is -0.137. The van der Waals surface area contributed by atoms with Gasteiger partial charge in [0, 0.05) is 6.42 Å². The van der Waals surface area contributed by atoms with Crippen molar-refractivity contribution in [2.75, 3.05) is 6.54 Å². The molecule has 0 amide bonds. The maximum Gasteiger partial charge on any atom is 0.303 e. The van der Waals surface area contributed by atoms with Crippen LogP contribution >= 0.6 is 0 Å². The average molecular weight is 193 g/mol. The van der Waals surface area contributed by atoms with Crippen LogP contribution in [0.4, 0.5) is 0 Å². The minimum atomic E-state index is -0.773. The van der Waals surface area contributed by atoms with Crippen molar-refractivity contribution < 1.29 is 37.3 Å². The molecule has 0 fully saturated rings. The first kappa shape index (κ1) is 43.0. The van der Waals surface area contributed by atoms with Crippen molar-refractivity contribution in [3.63, 3.8) is 0 Å². The predicted molar refractivity (Wildman–Crippen MR) is 44.0 cm³/mol. The molecule has 0 atom stereocenters. The van der Waals surface area contributed by atoms with Gasteiger partial charge in [-0.1, -0.05) is 0 Å². The molecule has 8 nitrogen and oxygen atoms in total. The van der Waals surface area contributed by atoms with Gasteiger partial charge in [0.25, 0.3) is 0 Å². The zero-order valence-corrected chi connectivity index (χ0v) is 6.55. The summed E-state index contributed by atoms with van der Waals surface area (Å²) in [6.07, 6.45) is 0.770. The fourth-order valence-electron chi connectivity index (χ4n) is 0.253. The maximum absolute atomic E-state index is 9.70. The lowest BCUT2D eigenvalue weighted by Crippen LogP contribution is -2.02. The molecule has 12 heavy (non-hydrogen) atoms. The van der Waals surface area contributed by atoms with Crippen LogP contribution in [0.1, 0.15) is 12.8 Å². The van der Waals surface area contributed by atoms with Gasteiger partial charge in [0.1, 0.15) is 0 Å². The molecule has 0 rings (SSSR count). The summed E-state index contributed by atoms with van der Waals surface area (Å²) in [7, 11) is 0. The summed E-state index contributed by atoms with van der Waals surface area (Å²) in [6.45, 7) is 0.465. The van der Waals surface area contributed by atoms with Crippen LogP contribution in [0.3, 0.4) is 0 Å². The van der Waals surface area contributed by atoms with Gasteiger partial charge in [-0.15, -0.1) is 0 Å². The second-order valence-electron chi connectivity index (χ2n) is 1.29. The van der Waals surface area contributed by atoms with E-state index >= 15 is 0 Å². The molecule has 82 valence electrons. The second-order valence-corrected chi connectivity index (χ2v) is 1.29. The van der Waals surface area contributed by atoms with Crippen molar-refractivity contribution in [1.82, 2.24) is 0 Å². The Kier molecular flexibility index (Phi) is 114. The topological polar surface area (TPSA) is 221 Å². The van der Waals surface area contributed by atoms with Crippen molar-refractivity contribution in [1.29, 1.82) is 0 Å². The Hall–Kier alpha value is -0.770. The molecule has 13 N–H and O–H groups in total. The standard InChI is InChI=1S/C4H9NO2.5H2O/c5-3-1-2-4(6)7;;;;;/h1-3,5H2,(H,6,7);5*1H2. The number of carboxylic acid groups (broad SMARTS) is 1. The van der Waals surface area contributed by atoms with Gasteiger partial charge in [-0.05, 0) is 13.0 Å². The molecule has 0 saturated carbocycles. The van der Waals surface area contributed by atoms with Gasteiger partial charge < -0.3 is 38.2 Å². The van der Waals surface area contributed by atoms with Gasteiger partial charge in [-0.2, -0.15) is 0 Å². The lowest BCUT2D eigenvalue weighted by atomic mass is 10.3. The Labute approximate surface area is 69.5 Å². The molecule has 0 radical (unpaired) electrons. The highest BCUT2D eigenvalue weighted by Gasteiger charge is 1.91. The Morgan fingerprint density at radius 2 is 1.42 bits per heavy atom. The van der Waals surface area contributed by atoms with Crippen molar-refractivity contribution >= 4 is 5.97 Å². The first-order valence-corrected chi connectivity index (χ1v) is 2.19. The van der Waals surface area contributed by atoms with Crippen LogP contribution in [0.2, 0.25) is 0 Å². The first-order chi connectivity index (χ1) is 3.27. The number of aliphatic carboxylic acids is 1. The van der Waals surface area contributed by atoms with Gasteiger partial charge in [0.05, 0.1) is 0 Å².